The highest BCUT2D eigenvalue weighted by atomic mass is 16.5. The lowest BCUT2D eigenvalue weighted by Crippen LogP contribution is -2.11. The number of aromatic nitrogens is 2. The molecular weight excluding hydrogens is 414 g/mol. The molecule has 33 heavy (non-hydrogen) atoms. The van der Waals surface area contributed by atoms with Gasteiger partial charge in [-0.2, -0.15) is 5.26 Å². The summed E-state index contributed by atoms with van der Waals surface area (Å²) in [6.07, 6.45) is 0.889. The summed E-state index contributed by atoms with van der Waals surface area (Å²) in [5.41, 5.74) is 5.22. The van der Waals surface area contributed by atoms with Crippen molar-refractivity contribution in [3.05, 3.63) is 89.2 Å². The number of H-pyrrole nitrogens is 1. The Bertz CT molecular complexity index is 1300. The number of hydrogen-bond donors (Lipinski definition) is 1. The minimum Gasteiger partial charge on any atom is -0.454 e. The van der Waals surface area contributed by atoms with Gasteiger partial charge in [-0.25, -0.2) is 9.78 Å². The second-order valence-electron chi connectivity index (χ2n) is 7.71. The van der Waals surface area contributed by atoms with Crippen molar-refractivity contribution in [2.45, 2.75) is 25.9 Å². The largest absolute Gasteiger partial charge is 0.454 e. The van der Waals surface area contributed by atoms with Gasteiger partial charge in [0.15, 0.2) is 0 Å². The average Bonchev–Trinajstić information content (AvgIpc) is 3.29. The number of nitriles is 1. The van der Waals surface area contributed by atoms with E-state index in [4.69, 9.17) is 9.47 Å². The van der Waals surface area contributed by atoms with Gasteiger partial charge in [-0.1, -0.05) is 55.5 Å². The first-order chi connectivity index (χ1) is 16.1. The van der Waals surface area contributed by atoms with Gasteiger partial charge in [0, 0.05) is 13.5 Å². The van der Waals surface area contributed by atoms with Crippen LogP contribution in [0.15, 0.2) is 66.7 Å². The molecule has 0 spiro atoms. The smallest absolute Gasteiger partial charge is 0.340 e. The fourth-order valence-electron chi connectivity index (χ4n) is 3.86. The third kappa shape index (κ3) is 4.79. The number of nitrogens with one attached hydrogen (secondary N) is 1. The first-order valence-corrected chi connectivity index (χ1v) is 10.9. The maximum absolute atomic E-state index is 13.1. The SMILES string of the molecule is CCC(OC(=O)c1cccc2nc(CCOC)[nH]c12)c1ccc(-c2ccccc2C#N)cc1. The Labute approximate surface area is 192 Å². The normalized spacial score (nSPS) is 11.8. The van der Waals surface area contributed by atoms with E-state index in [1.165, 1.54) is 0 Å². The standard InChI is InChI=1S/C27H25N3O3/c1-3-24(19-13-11-18(12-14-19)21-8-5-4-7-20(21)17-28)33-27(31)22-9-6-10-23-26(22)30-25(29-23)15-16-32-2/h4-14,24H,3,15-16H2,1-2H3,(H,29,30). The Morgan fingerprint density at radius 2 is 1.88 bits per heavy atom. The molecule has 0 bridgehead atoms. The Morgan fingerprint density at radius 1 is 1.09 bits per heavy atom. The van der Waals surface area contributed by atoms with Crippen LogP contribution in [0.4, 0.5) is 0 Å². The molecule has 0 amide bonds. The van der Waals surface area contributed by atoms with Crippen molar-refractivity contribution < 1.29 is 14.3 Å². The molecule has 4 rings (SSSR count). The Balaban J connectivity index is 1.55. The van der Waals surface area contributed by atoms with Crippen LogP contribution in [-0.2, 0) is 15.9 Å². The highest BCUT2D eigenvalue weighted by molar-refractivity contribution is 6.02. The number of benzene rings is 3. The minimum atomic E-state index is -0.395. The third-order valence-corrected chi connectivity index (χ3v) is 5.59. The van der Waals surface area contributed by atoms with Crippen LogP contribution in [-0.4, -0.2) is 29.7 Å². The number of esters is 1. The van der Waals surface area contributed by atoms with E-state index >= 15 is 0 Å². The van der Waals surface area contributed by atoms with Crippen molar-refractivity contribution in [1.29, 1.82) is 5.26 Å². The van der Waals surface area contributed by atoms with E-state index in [1.807, 2.05) is 61.5 Å². The van der Waals surface area contributed by atoms with E-state index in [9.17, 15) is 10.1 Å². The van der Waals surface area contributed by atoms with Crippen LogP contribution >= 0.6 is 0 Å². The molecule has 0 fully saturated rings. The molecule has 4 aromatic rings. The number of aromatic amines is 1. The van der Waals surface area contributed by atoms with Crippen LogP contribution in [0, 0.1) is 11.3 Å². The number of fused-ring (bicyclic) bond motifs is 1. The molecule has 1 N–H and O–H groups in total. The number of methoxy groups -OCH3 is 1. The summed E-state index contributed by atoms with van der Waals surface area (Å²) < 4.78 is 11.0. The number of imidazole rings is 1. The second-order valence-corrected chi connectivity index (χ2v) is 7.71. The van der Waals surface area contributed by atoms with Gasteiger partial charge in [0.2, 0.25) is 0 Å². The maximum Gasteiger partial charge on any atom is 0.340 e. The van der Waals surface area contributed by atoms with Crippen molar-refractivity contribution in [3.8, 4) is 17.2 Å². The van der Waals surface area contributed by atoms with Crippen LogP contribution in [0.1, 0.15) is 46.8 Å². The second kappa shape index (κ2) is 10.1. The van der Waals surface area contributed by atoms with E-state index in [1.54, 1.807) is 19.2 Å². The van der Waals surface area contributed by atoms with E-state index in [-0.39, 0.29) is 6.10 Å². The van der Waals surface area contributed by atoms with Crippen molar-refractivity contribution in [3.63, 3.8) is 0 Å². The quantitative estimate of drug-likeness (QED) is 0.361. The summed E-state index contributed by atoms with van der Waals surface area (Å²) in [5, 5.41) is 9.37. The summed E-state index contributed by atoms with van der Waals surface area (Å²) in [6, 6.07) is 23.0. The molecule has 0 radical (unpaired) electrons. The van der Waals surface area contributed by atoms with Gasteiger partial charge in [-0.05, 0) is 41.3 Å². The lowest BCUT2D eigenvalue weighted by Gasteiger charge is -2.17. The Morgan fingerprint density at radius 3 is 2.61 bits per heavy atom. The highest BCUT2D eigenvalue weighted by Crippen LogP contribution is 2.29. The monoisotopic (exact) mass is 439 g/mol. The molecule has 0 aliphatic carbocycles. The molecule has 6 heteroatoms. The zero-order chi connectivity index (χ0) is 23.2. The van der Waals surface area contributed by atoms with Crippen molar-refractivity contribution >= 4 is 17.0 Å². The van der Waals surface area contributed by atoms with Gasteiger partial charge in [0.1, 0.15) is 11.9 Å². The van der Waals surface area contributed by atoms with Crippen LogP contribution in [0.3, 0.4) is 0 Å². The predicted molar refractivity (Wildman–Crippen MR) is 127 cm³/mol. The van der Waals surface area contributed by atoms with Crippen molar-refractivity contribution in [1.82, 2.24) is 9.97 Å². The van der Waals surface area contributed by atoms with Crippen LogP contribution in [0.25, 0.3) is 22.2 Å². The number of ether oxygens (including phenoxy) is 2. The lowest BCUT2D eigenvalue weighted by molar-refractivity contribution is 0.0290. The third-order valence-electron chi connectivity index (χ3n) is 5.59. The van der Waals surface area contributed by atoms with E-state index < -0.39 is 5.97 Å². The van der Waals surface area contributed by atoms with Crippen LogP contribution in [0.5, 0.6) is 0 Å². The molecule has 1 atom stereocenters. The van der Waals surface area contributed by atoms with Crippen molar-refractivity contribution in [2.75, 3.05) is 13.7 Å². The average molecular weight is 440 g/mol. The molecule has 0 saturated carbocycles. The number of carbonyl (C=O) groups is 1. The minimum absolute atomic E-state index is 0.385. The molecule has 0 saturated heterocycles. The highest BCUT2D eigenvalue weighted by Gasteiger charge is 2.20. The lowest BCUT2D eigenvalue weighted by atomic mass is 9.97. The fourth-order valence-corrected chi connectivity index (χ4v) is 3.86. The zero-order valence-electron chi connectivity index (χ0n) is 18.7. The molecule has 0 aliphatic heterocycles. The molecule has 1 unspecified atom stereocenters. The number of hydrogen-bond acceptors (Lipinski definition) is 5. The fraction of sp³-hybridized carbons (Fsp3) is 0.222. The van der Waals surface area contributed by atoms with Gasteiger partial charge in [-0.15, -0.1) is 0 Å². The van der Waals surface area contributed by atoms with Gasteiger partial charge in [-0.3, -0.25) is 0 Å². The first-order valence-electron chi connectivity index (χ1n) is 10.9. The van der Waals surface area contributed by atoms with Gasteiger partial charge >= 0.3 is 5.97 Å². The summed E-state index contributed by atoms with van der Waals surface area (Å²) in [6.45, 7) is 2.53. The van der Waals surface area contributed by atoms with Crippen LogP contribution < -0.4 is 0 Å². The summed E-state index contributed by atoms with van der Waals surface area (Å²) in [7, 11) is 1.64. The summed E-state index contributed by atoms with van der Waals surface area (Å²) in [4.78, 5) is 20.8. The summed E-state index contributed by atoms with van der Waals surface area (Å²) in [5.74, 6) is 0.376. The number of para-hydroxylation sites is 1. The molecule has 1 heterocycles. The van der Waals surface area contributed by atoms with Crippen molar-refractivity contribution in [2.24, 2.45) is 0 Å². The van der Waals surface area contributed by atoms with Gasteiger partial charge in [0.25, 0.3) is 0 Å². The molecule has 166 valence electrons. The van der Waals surface area contributed by atoms with E-state index in [0.29, 0.717) is 36.1 Å². The van der Waals surface area contributed by atoms with Gasteiger partial charge < -0.3 is 14.5 Å². The van der Waals surface area contributed by atoms with Gasteiger partial charge in [0.05, 0.1) is 34.8 Å². The topological polar surface area (TPSA) is 88.0 Å². The molecule has 3 aromatic carbocycles. The first kappa shape index (κ1) is 22.3. The maximum atomic E-state index is 13.1. The summed E-state index contributed by atoms with van der Waals surface area (Å²) >= 11 is 0. The van der Waals surface area contributed by atoms with E-state index in [2.05, 4.69) is 16.0 Å². The molecular formula is C27H25N3O3. The van der Waals surface area contributed by atoms with Crippen LogP contribution in [0.2, 0.25) is 0 Å². The zero-order valence-corrected chi connectivity index (χ0v) is 18.7. The Hall–Kier alpha value is -3.95. The van der Waals surface area contributed by atoms with E-state index in [0.717, 1.165) is 28.0 Å². The molecule has 1 aromatic heterocycles. The predicted octanol–water partition coefficient (Wildman–Crippen LogP) is 5.60. The number of rotatable bonds is 8. The Kier molecular flexibility index (Phi) is 6.82. The molecule has 6 nitrogen and oxygen atoms in total. The number of nitrogens with zero attached hydrogens (tertiary/aromatic N) is 2. The molecule has 0 aliphatic rings. The number of carbonyl (C=O) groups excluding carboxylic acids is 1.